The molecule has 6 heteroatoms. The molecule has 0 aliphatic carbocycles. The van der Waals surface area contributed by atoms with Gasteiger partial charge >= 0.3 is 0 Å². The van der Waals surface area contributed by atoms with Crippen LogP contribution in [0.1, 0.15) is 30.2 Å². The van der Waals surface area contributed by atoms with Crippen LogP contribution in [0.15, 0.2) is 40.6 Å². The van der Waals surface area contributed by atoms with Crippen molar-refractivity contribution in [1.29, 1.82) is 0 Å². The number of nitrogens with one attached hydrogen (secondary N) is 1. The summed E-state index contributed by atoms with van der Waals surface area (Å²) < 4.78 is 27.5. The zero-order valence-electron chi connectivity index (χ0n) is 12.0. The third-order valence-electron chi connectivity index (χ3n) is 3.07. The SMILES string of the molecule is CC(C)c1cccc(NS(=O)(=O)c2ccc(CCO)s2)c1. The second-order valence-corrected chi connectivity index (χ2v) is 8.16. The first-order valence-corrected chi connectivity index (χ1v) is 9.04. The molecule has 1 aromatic carbocycles. The number of thiophene rings is 1. The van der Waals surface area contributed by atoms with Crippen LogP contribution in [0, 0.1) is 0 Å². The molecular weight excluding hydrogens is 306 g/mol. The fourth-order valence-electron chi connectivity index (χ4n) is 1.91. The second kappa shape index (κ2) is 6.60. The Morgan fingerprint density at radius 2 is 2.00 bits per heavy atom. The lowest BCUT2D eigenvalue weighted by Crippen LogP contribution is -2.11. The number of benzene rings is 1. The van der Waals surface area contributed by atoms with Gasteiger partial charge in [0.05, 0.1) is 0 Å². The van der Waals surface area contributed by atoms with Crippen molar-refractivity contribution in [2.75, 3.05) is 11.3 Å². The van der Waals surface area contributed by atoms with E-state index in [4.69, 9.17) is 5.11 Å². The van der Waals surface area contributed by atoms with Gasteiger partial charge in [0.25, 0.3) is 10.0 Å². The van der Waals surface area contributed by atoms with Crippen LogP contribution in [0.2, 0.25) is 0 Å². The van der Waals surface area contributed by atoms with Gasteiger partial charge in [0.1, 0.15) is 4.21 Å². The summed E-state index contributed by atoms with van der Waals surface area (Å²) in [6.45, 7) is 4.14. The molecule has 0 spiro atoms. The van der Waals surface area contributed by atoms with E-state index in [1.165, 1.54) is 11.3 Å². The van der Waals surface area contributed by atoms with Gasteiger partial charge in [0, 0.05) is 23.6 Å². The Bertz CT molecular complexity index is 705. The smallest absolute Gasteiger partial charge is 0.271 e. The minimum atomic E-state index is -3.57. The Labute approximate surface area is 129 Å². The summed E-state index contributed by atoms with van der Waals surface area (Å²) in [6.07, 6.45) is 0.475. The topological polar surface area (TPSA) is 66.4 Å². The van der Waals surface area contributed by atoms with Crippen LogP contribution in [0.5, 0.6) is 0 Å². The van der Waals surface area contributed by atoms with E-state index in [0.29, 0.717) is 18.0 Å². The largest absolute Gasteiger partial charge is 0.396 e. The van der Waals surface area contributed by atoms with Crippen molar-refractivity contribution in [3.05, 3.63) is 46.8 Å². The Balaban J connectivity index is 2.22. The summed E-state index contributed by atoms with van der Waals surface area (Å²) in [7, 11) is -3.57. The van der Waals surface area contributed by atoms with Crippen molar-refractivity contribution in [3.8, 4) is 0 Å². The molecule has 2 N–H and O–H groups in total. The zero-order valence-corrected chi connectivity index (χ0v) is 13.7. The first-order valence-electron chi connectivity index (χ1n) is 6.75. The predicted octanol–water partition coefficient (Wildman–Crippen LogP) is 3.21. The molecule has 2 rings (SSSR count). The highest BCUT2D eigenvalue weighted by atomic mass is 32.2. The maximum absolute atomic E-state index is 12.3. The molecular formula is C15H19NO3S2. The van der Waals surface area contributed by atoms with Gasteiger partial charge in [-0.3, -0.25) is 4.72 Å². The first kappa shape index (κ1) is 16.0. The van der Waals surface area contributed by atoms with E-state index in [-0.39, 0.29) is 10.8 Å². The Morgan fingerprint density at radius 1 is 1.24 bits per heavy atom. The summed E-state index contributed by atoms with van der Waals surface area (Å²) in [5.41, 5.74) is 1.65. The van der Waals surface area contributed by atoms with Gasteiger partial charge in [0.15, 0.2) is 0 Å². The predicted molar refractivity (Wildman–Crippen MR) is 86.4 cm³/mol. The zero-order chi connectivity index (χ0) is 15.5. The van der Waals surface area contributed by atoms with E-state index in [1.807, 2.05) is 18.2 Å². The van der Waals surface area contributed by atoms with Gasteiger partial charge in [-0.2, -0.15) is 0 Å². The second-order valence-electron chi connectivity index (χ2n) is 5.08. The van der Waals surface area contributed by atoms with Gasteiger partial charge in [-0.15, -0.1) is 11.3 Å². The van der Waals surface area contributed by atoms with Crippen molar-refractivity contribution in [2.45, 2.75) is 30.4 Å². The van der Waals surface area contributed by atoms with Crippen molar-refractivity contribution in [1.82, 2.24) is 0 Å². The number of hydrogen-bond donors (Lipinski definition) is 2. The summed E-state index contributed by atoms with van der Waals surface area (Å²) in [5, 5.41) is 8.89. The summed E-state index contributed by atoms with van der Waals surface area (Å²) in [5.74, 6) is 0.340. The van der Waals surface area contributed by atoms with Gasteiger partial charge < -0.3 is 5.11 Å². The first-order chi connectivity index (χ1) is 9.92. The van der Waals surface area contributed by atoms with Crippen LogP contribution in [0.3, 0.4) is 0 Å². The Kier molecular flexibility index (Phi) is 5.03. The molecule has 1 heterocycles. The van der Waals surface area contributed by atoms with E-state index in [9.17, 15) is 8.42 Å². The number of hydrogen-bond acceptors (Lipinski definition) is 4. The van der Waals surface area contributed by atoms with Crippen molar-refractivity contribution in [3.63, 3.8) is 0 Å². The minimum Gasteiger partial charge on any atom is -0.396 e. The average Bonchev–Trinajstić information content (AvgIpc) is 2.88. The van der Waals surface area contributed by atoms with Gasteiger partial charge in [0.2, 0.25) is 0 Å². The standard InChI is InChI=1S/C15H19NO3S2/c1-11(2)12-4-3-5-13(10-12)16-21(18,19)15-7-6-14(20-15)8-9-17/h3-7,10-11,16-17H,8-9H2,1-2H3. The molecule has 0 fully saturated rings. The highest BCUT2D eigenvalue weighted by Crippen LogP contribution is 2.25. The van der Waals surface area contributed by atoms with Crippen LogP contribution in [0.25, 0.3) is 0 Å². The summed E-state index contributed by atoms with van der Waals surface area (Å²) in [4.78, 5) is 0.855. The monoisotopic (exact) mass is 325 g/mol. The molecule has 0 aliphatic heterocycles. The lowest BCUT2D eigenvalue weighted by atomic mass is 10.0. The van der Waals surface area contributed by atoms with E-state index in [0.717, 1.165) is 10.4 Å². The molecule has 0 amide bonds. The highest BCUT2D eigenvalue weighted by molar-refractivity contribution is 7.94. The van der Waals surface area contributed by atoms with Gasteiger partial charge in [-0.25, -0.2) is 8.42 Å². The molecule has 114 valence electrons. The van der Waals surface area contributed by atoms with Crippen LogP contribution >= 0.6 is 11.3 Å². The number of sulfonamides is 1. The van der Waals surface area contributed by atoms with Gasteiger partial charge in [-0.05, 0) is 35.7 Å². The minimum absolute atomic E-state index is 0.0177. The molecule has 1 aromatic heterocycles. The van der Waals surface area contributed by atoms with Gasteiger partial charge in [-0.1, -0.05) is 26.0 Å². The number of aliphatic hydroxyl groups is 1. The maximum atomic E-state index is 12.3. The number of rotatable bonds is 6. The number of anilines is 1. The Morgan fingerprint density at radius 3 is 2.67 bits per heavy atom. The molecule has 0 radical (unpaired) electrons. The third kappa shape index (κ3) is 4.06. The van der Waals surface area contributed by atoms with E-state index in [2.05, 4.69) is 18.6 Å². The molecule has 0 aliphatic rings. The van der Waals surface area contributed by atoms with E-state index < -0.39 is 10.0 Å². The molecule has 0 saturated heterocycles. The van der Waals surface area contributed by atoms with Crippen molar-refractivity contribution in [2.24, 2.45) is 0 Å². The van der Waals surface area contributed by atoms with Crippen molar-refractivity contribution >= 4 is 27.0 Å². The molecule has 0 saturated carbocycles. The average molecular weight is 325 g/mol. The summed E-state index contributed by atoms with van der Waals surface area (Å²) in [6, 6.07) is 10.7. The lowest BCUT2D eigenvalue weighted by molar-refractivity contribution is 0.300. The van der Waals surface area contributed by atoms with E-state index in [1.54, 1.807) is 18.2 Å². The number of aliphatic hydroxyl groups excluding tert-OH is 1. The summed E-state index contributed by atoms with van der Waals surface area (Å²) >= 11 is 1.18. The molecule has 0 bridgehead atoms. The molecule has 4 nitrogen and oxygen atoms in total. The molecule has 0 unspecified atom stereocenters. The fourth-order valence-corrected chi connectivity index (χ4v) is 4.31. The van der Waals surface area contributed by atoms with Crippen LogP contribution < -0.4 is 4.72 Å². The fraction of sp³-hybridized carbons (Fsp3) is 0.333. The van der Waals surface area contributed by atoms with Crippen LogP contribution in [-0.2, 0) is 16.4 Å². The lowest BCUT2D eigenvalue weighted by Gasteiger charge is -2.10. The van der Waals surface area contributed by atoms with Crippen LogP contribution in [0.4, 0.5) is 5.69 Å². The molecule has 21 heavy (non-hydrogen) atoms. The molecule has 0 atom stereocenters. The van der Waals surface area contributed by atoms with Crippen molar-refractivity contribution < 1.29 is 13.5 Å². The molecule has 2 aromatic rings. The van der Waals surface area contributed by atoms with E-state index >= 15 is 0 Å². The van der Waals surface area contributed by atoms with Crippen LogP contribution in [-0.4, -0.2) is 20.1 Å². The normalized spacial score (nSPS) is 11.8. The highest BCUT2D eigenvalue weighted by Gasteiger charge is 2.17. The third-order valence-corrected chi connectivity index (χ3v) is 6.08. The maximum Gasteiger partial charge on any atom is 0.271 e. The quantitative estimate of drug-likeness (QED) is 0.857. The Hall–Kier alpha value is -1.37.